The zero-order valence-electron chi connectivity index (χ0n) is 18.8. The van der Waals surface area contributed by atoms with Gasteiger partial charge >= 0.3 is 0 Å². The van der Waals surface area contributed by atoms with Crippen LogP contribution in [0.4, 0.5) is 13.2 Å². The standard InChI is InChI=1S/C27H29F3O3/c1-2-13-31-22-16-32-26(33-17-22)12-6-18-4-10-23-21(14-18)9-8-20(27(23)30)7-3-19-5-11-24(28)25(29)15-19/h4-5,8-11,14-15,22,26H,2-3,6-7,12-13,16-17H2,1H3. The second-order valence-corrected chi connectivity index (χ2v) is 8.47. The Balaban J connectivity index is 1.34. The van der Waals surface area contributed by atoms with E-state index in [2.05, 4.69) is 6.92 Å². The van der Waals surface area contributed by atoms with Crippen molar-refractivity contribution in [3.63, 3.8) is 0 Å². The first-order valence-electron chi connectivity index (χ1n) is 11.5. The Morgan fingerprint density at radius 2 is 1.61 bits per heavy atom. The maximum absolute atomic E-state index is 15.1. The highest BCUT2D eigenvalue weighted by molar-refractivity contribution is 5.84. The number of ether oxygens (including phenoxy) is 3. The summed E-state index contributed by atoms with van der Waals surface area (Å²) in [6.07, 6.45) is 3.05. The van der Waals surface area contributed by atoms with Crippen molar-refractivity contribution < 1.29 is 27.4 Å². The minimum Gasteiger partial charge on any atom is -0.373 e. The molecule has 6 heteroatoms. The molecule has 0 aromatic heterocycles. The minimum atomic E-state index is -0.882. The Morgan fingerprint density at radius 3 is 2.36 bits per heavy atom. The Labute approximate surface area is 192 Å². The van der Waals surface area contributed by atoms with Crippen molar-refractivity contribution in [2.24, 2.45) is 0 Å². The van der Waals surface area contributed by atoms with Gasteiger partial charge in [0, 0.05) is 18.4 Å². The van der Waals surface area contributed by atoms with Crippen LogP contribution in [0.5, 0.6) is 0 Å². The van der Waals surface area contributed by atoms with Crippen LogP contribution in [0.15, 0.2) is 48.5 Å². The zero-order chi connectivity index (χ0) is 23.2. The molecular weight excluding hydrogens is 429 g/mol. The fourth-order valence-electron chi connectivity index (χ4n) is 4.07. The first-order valence-corrected chi connectivity index (χ1v) is 11.5. The number of fused-ring (bicyclic) bond motifs is 1. The predicted octanol–water partition coefficient (Wildman–Crippen LogP) is 6.14. The number of hydrogen-bond acceptors (Lipinski definition) is 3. The zero-order valence-corrected chi connectivity index (χ0v) is 18.8. The molecule has 0 N–H and O–H groups in total. The second-order valence-electron chi connectivity index (χ2n) is 8.47. The summed E-state index contributed by atoms with van der Waals surface area (Å²) >= 11 is 0. The average molecular weight is 459 g/mol. The summed E-state index contributed by atoms with van der Waals surface area (Å²) in [4.78, 5) is 0. The van der Waals surface area contributed by atoms with Crippen LogP contribution in [-0.2, 0) is 33.5 Å². The van der Waals surface area contributed by atoms with Gasteiger partial charge in [0.2, 0.25) is 0 Å². The lowest BCUT2D eigenvalue weighted by Gasteiger charge is -2.29. The van der Waals surface area contributed by atoms with Gasteiger partial charge in [-0.05, 0) is 59.9 Å². The molecule has 3 aromatic rings. The Morgan fingerprint density at radius 1 is 0.848 bits per heavy atom. The SMILES string of the molecule is CCCOC1COC(CCc2ccc3c(F)c(CCc4ccc(F)c(F)c4)ccc3c2)OC1. The fraction of sp³-hybridized carbons (Fsp3) is 0.407. The van der Waals surface area contributed by atoms with E-state index in [1.807, 2.05) is 18.2 Å². The molecule has 1 aliphatic rings. The van der Waals surface area contributed by atoms with Gasteiger partial charge in [-0.25, -0.2) is 13.2 Å². The van der Waals surface area contributed by atoms with Gasteiger partial charge in [-0.15, -0.1) is 0 Å². The maximum Gasteiger partial charge on any atom is 0.159 e. The first kappa shape index (κ1) is 23.7. The summed E-state index contributed by atoms with van der Waals surface area (Å²) in [7, 11) is 0. The van der Waals surface area contributed by atoms with E-state index in [0.717, 1.165) is 36.3 Å². The molecule has 1 saturated heterocycles. The van der Waals surface area contributed by atoms with Crippen molar-refractivity contribution >= 4 is 10.8 Å². The van der Waals surface area contributed by atoms with Gasteiger partial charge in [0.15, 0.2) is 17.9 Å². The second kappa shape index (κ2) is 11.1. The Bertz CT molecular complexity index is 1080. The van der Waals surface area contributed by atoms with E-state index in [-0.39, 0.29) is 18.2 Å². The molecule has 0 aliphatic carbocycles. The van der Waals surface area contributed by atoms with Crippen molar-refractivity contribution in [3.8, 4) is 0 Å². The van der Waals surface area contributed by atoms with Crippen molar-refractivity contribution in [2.75, 3.05) is 19.8 Å². The third-order valence-electron chi connectivity index (χ3n) is 5.93. The summed E-state index contributed by atoms with van der Waals surface area (Å²) in [6, 6.07) is 13.2. The van der Waals surface area contributed by atoms with Crippen LogP contribution in [0.3, 0.4) is 0 Å². The van der Waals surface area contributed by atoms with Gasteiger partial charge in [-0.2, -0.15) is 0 Å². The van der Waals surface area contributed by atoms with Crippen molar-refractivity contribution in [1.82, 2.24) is 0 Å². The highest BCUT2D eigenvalue weighted by atomic mass is 19.2. The quantitative estimate of drug-likeness (QED) is 0.385. The summed E-state index contributed by atoms with van der Waals surface area (Å²) in [5.41, 5.74) is 2.29. The van der Waals surface area contributed by atoms with Gasteiger partial charge < -0.3 is 14.2 Å². The Hall–Kier alpha value is -2.41. The molecule has 0 unspecified atom stereocenters. The highest BCUT2D eigenvalue weighted by Crippen LogP contribution is 2.25. The third kappa shape index (κ3) is 6.14. The molecule has 33 heavy (non-hydrogen) atoms. The van der Waals surface area contributed by atoms with E-state index >= 15 is 4.39 Å². The molecule has 0 atom stereocenters. The number of benzene rings is 3. The van der Waals surface area contributed by atoms with Crippen molar-refractivity contribution in [3.05, 3.63) is 82.7 Å². The van der Waals surface area contributed by atoms with E-state index in [1.165, 1.54) is 12.1 Å². The molecule has 1 fully saturated rings. The third-order valence-corrected chi connectivity index (χ3v) is 5.93. The summed E-state index contributed by atoms with van der Waals surface area (Å²) in [6.45, 7) is 3.87. The highest BCUT2D eigenvalue weighted by Gasteiger charge is 2.22. The fourth-order valence-corrected chi connectivity index (χ4v) is 4.07. The molecule has 4 rings (SSSR count). The molecule has 0 amide bonds. The number of hydrogen-bond donors (Lipinski definition) is 0. The monoisotopic (exact) mass is 458 g/mol. The smallest absolute Gasteiger partial charge is 0.159 e. The lowest BCUT2D eigenvalue weighted by atomic mass is 9.98. The molecule has 0 spiro atoms. The lowest BCUT2D eigenvalue weighted by Crippen LogP contribution is -2.37. The van der Waals surface area contributed by atoms with Crippen LogP contribution < -0.4 is 0 Å². The largest absolute Gasteiger partial charge is 0.373 e. The van der Waals surface area contributed by atoms with Gasteiger partial charge in [0.1, 0.15) is 11.9 Å². The average Bonchev–Trinajstić information content (AvgIpc) is 2.83. The number of aryl methyl sites for hydroxylation is 3. The molecule has 0 bridgehead atoms. The summed E-state index contributed by atoms with van der Waals surface area (Å²) in [5.74, 6) is -2.02. The van der Waals surface area contributed by atoms with Gasteiger partial charge in [0.25, 0.3) is 0 Å². The van der Waals surface area contributed by atoms with Crippen LogP contribution in [-0.4, -0.2) is 32.2 Å². The van der Waals surface area contributed by atoms with Crippen LogP contribution in [0, 0.1) is 17.5 Å². The van der Waals surface area contributed by atoms with Crippen LogP contribution >= 0.6 is 0 Å². The van der Waals surface area contributed by atoms with E-state index in [9.17, 15) is 8.78 Å². The normalized spacial score (nSPS) is 18.7. The lowest BCUT2D eigenvalue weighted by molar-refractivity contribution is -0.227. The summed E-state index contributed by atoms with van der Waals surface area (Å²) < 4.78 is 58.7. The van der Waals surface area contributed by atoms with E-state index in [1.54, 1.807) is 12.1 Å². The first-order chi connectivity index (χ1) is 16.0. The minimum absolute atomic E-state index is 0.00104. The van der Waals surface area contributed by atoms with Crippen molar-refractivity contribution in [2.45, 2.75) is 51.4 Å². The molecule has 1 heterocycles. The number of halogens is 3. The molecule has 0 saturated carbocycles. The van der Waals surface area contributed by atoms with Gasteiger partial charge in [-0.3, -0.25) is 0 Å². The van der Waals surface area contributed by atoms with E-state index in [0.29, 0.717) is 49.2 Å². The van der Waals surface area contributed by atoms with E-state index < -0.39 is 11.6 Å². The molecule has 1 aliphatic heterocycles. The van der Waals surface area contributed by atoms with Crippen molar-refractivity contribution in [1.29, 1.82) is 0 Å². The maximum atomic E-state index is 15.1. The molecule has 176 valence electrons. The topological polar surface area (TPSA) is 27.7 Å². The predicted molar refractivity (Wildman–Crippen MR) is 122 cm³/mol. The summed E-state index contributed by atoms with van der Waals surface area (Å²) in [5, 5.41) is 1.39. The van der Waals surface area contributed by atoms with Crippen LogP contribution in [0.2, 0.25) is 0 Å². The van der Waals surface area contributed by atoms with Gasteiger partial charge in [0.05, 0.1) is 13.2 Å². The molecule has 0 radical (unpaired) electrons. The molecular formula is C27H29F3O3. The number of rotatable bonds is 9. The molecule has 3 aromatic carbocycles. The van der Waals surface area contributed by atoms with Gasteiger partial charge in [-0.1, -0.05) is 43.3 Å². The Kier molecular flexibility index (Phi) is 8.02. The molecule has 3 nitrogen and oxygen atoms in total. The van der Waals surface area contributed by atoms with Crippen LogP contribution in [0.25, 0.3) is 10.8 Å². The van der Waals surface area contributed by atoms with E-state index in [4.69, 9.17) is 14.2 Å². The van der Waals surface area contributed by atoms with Crippen LogP contribution in [0.1, 0.15) is 36.5 Å².